The quantitative estimate of drug-likeness (QED) is 0.839. The summed E-state index contributed by atoms with van der Waals surface area (Å²) in [4.78, 5) is 25.4. The molecular weight excluding hydrogens is 324 g/mol. The number of nitrogens with one attached hydrogen (secondary N) is 1. The fraction of sp³-hybridized carbons (Fsp3) is 0.429. The molecule has 5 nitrogen and oxygen atoms in total. The second kappa shape index (κ2) is 6.85. The third-order valence-corrected chi connectivity index (χ3v) is 4.13. The minimum absolute atomic E-state index is 0.0762. The molecule has 20 heavy (non-hydrogen) atoms. The Morgan fingerprint density at radius 3 is 2.95 bits per heavy atom. The number of carbonyl (C=O) groups is 2. The zero-order valence-corrected chi connectivity index (χ0v) is 12.9. The molecule has 2 rings (SSSR count). The SMILES string of the molecule is COC(=O)CC1C(=O)NCCN1Cc1ccccc1Br. The number of piperazine rings is 1. The molecular formula is C14H17BrN2O3. The van der Waals surface area contributed by atoms with Crippen LogP contribution in [0.2, 0.25) is 0 Å². The summed E-state index contributed by atoms with van der Waals surface area (Å²) in [7, 11) is 1.33. The number of halogens is 1. The van der Waals surface area contributed by atoms with Crippen LogP contribution in [-0.2, 0) is 20.9 Å². The third kappa shape index (κ3) is 3.58. The van der Waals surface area contributed by atoms with Gasteiger partial charge in [0, 0.05) is 24.1 Å². The molecule has 108 valence electrons. The largest absolute Gasteiger partial charge is 0.469 e. The summed E-state index contributed by atoms with van der Waals surface area (Å²) < 4.78 is 5.67. The molecule has 1 aromatic rings. The second-order valence-corrected chi connectivity index (χ2v) is 5.50. The van der Waals surface area contributed by atoms with E-state index in [0.717, 1.165) is 10.0 Å². The van der Waals surface area contributed by atoms with Crippen LogP contribution in [0.1, 0.15) is 12.0 Å². The number of hydrogen-bond donors (Lipinski definition) is 1. The van der Waals surface area contributed by atoms with E-state index >= 15 is 0 Å². The Kier molecular flexibility index (Phi) is 5.14. The van der Waals surface area contributed by atoms with Gasteiger partial charge in [0.25, 0.3) is 0 Å². The molecule has 1 amide bonds. The zero-order chi connectivity index (χ0) is 14.5. The highest BCUT2D eigenvalue weighted by Gasteiger charge is 2.32. The number of carbonyl (C=O) groups excluding carboxylic acids is 2. The average Bonchev–Trinajstić information content (AvgIpc) is 2.44. The van der Waals surface area contributed by atoms with Crippen molar-refractivity contribution in [3.05, 3.63) is 34.3 Å². The average molecular weight is 341 g/mol. The summed E-state index contributed by atoms with van der Waals surface area (Å²) in [6.45, 7) is 1.94. The Morgan fingerprint density at radius 2 is 2.25 bits per heavy atom. The predicted molar refractivity (Wildman–Crippen MR) is 78.0 cm³/mol. The van der Waals surface area contributed by atoms with Crippen LogP contribution >= 0.6 is 15.9 Å². The van der Waals surface area contributed by atoms with Gasteiger partial charge in [0.1, 0.15) is 6.04 Å². The number of methoxy groups -OCH3 is 1. The van der Waals surface area contributed by atoms with Crippen molar-refractivity contribution in [2.24, 2.45) is 0 Å². The number of rotatable bonds is 4. The zero-order valence-electron chi connectivity index (χ0n) is 11.3. The van der Waals surface area contributed by atoms with E-state index in [1.807, 2.05) is 29.2 Å². The molecule has 1 atom stereocenters. The molecule has 1 saturated heterocycles. The molecule has 0 spiro atoms. The van der Waals surface area contributed by atoms with Gasteiger partial charge in [-0.3, -0.25) is 14.5 Å². The lowest BCUT2D eigenvalue weighted by Gasteiger charge is -2.34. The first-order valence-corrected chi connectivity index (χ1v) is 7.23. The first kappa shape index (κ1) is 15.0. The van der Waals surface area contributed by atoms with Gasteiger partial charge in [-0.15, -0.1) is 0 Å². The van der Waals surface area contributed by atoms with Crippen LogP contribution in [0.4, 0.5) is 0 Å². The van der Waals surface area contributed by atoms with E-state index in [4.69, 9.17) is 0 Å². The molecule has 1 aliphatic heterocycles. The minimum atomic E-state index is -0.469. The lowest BCUT2D eigenvalue weighted by atomic mass is 10.1. The van der Waals surface area contributed by atoms with Crippen molar-refractivity contribution >= 4 is 27.8 Å². The summed E-state index contributed by atoms with van der Waals surface area (Å²) in [5, 5.41) is 2.79. The second-order valence-electron chi connectivity index (χ2n) is 4.65. The molecule has 0 aromatic heterocycles. The lowest BCUT2D eigenvalue weighted by molar-refractivity contribution is -0.146. The van der Waals surface area contributed by atoms with Gasteiger partial charge in [0.05, 0.1) is 13.5 Å². The van der Waals surface area contributed by atoms with Crippen molar-refractivity contribution in [1.82, 2.24) is 10.2 Å². The molecule has 1 fully saturated rings. The Morgan fingerprint density at radius 1 is 1.50 bits per heavy atom. The molecule has 1 heterocycles. The van der Waals surface area contributed by atoms with Crippen LogP contribution in [0.15, 0.2) is 28.7 Å². The maximum Gasteiger partial charge on any atom is 0.307 e. The van der Waals surface area contributed by atoms with E-state index in [0.29, 0.717) is 19.6 Å². The standard InChI is InChI=1S/C14H17BrN2O3/c1-20-13(18)8-12-14(19)16-6-7-17(12)9-10-4-2-3-5-11(10)15/h2-5,12H,6-9H2,1H3,(H,16,19). The predicted octanol–water partition coefficient (Wildman–Crippen LogP) is 1.31. The van der Waals surface area contributed by atoms with E-state index in [2.05, 4.69) is 26.0 Å². The molecule has 1 aliphatic rings. The van der Waals surface area contributed by atoms with E-state index in [9.17, 15) is 9.59 Å². The number of nitrogens with zero attached hydrogens (tertiary/aromatic N) is 1. The van der Waals surface area contributed by atoms with Crippen molar-refractivity contribution in [3.8, 4) is 0 Å². The van der Waals surface area contributed by atoms with Crippen LogP contribution in [0.25, 0.3) is 0 Å². The number of esters is 1. The first-order valence-electron chi connectivity index (χ1n) is 6.44. The van der Waals surface area contributed by atoms with Crippen molar-refractivity contribution in [1.29, 1.82) is 0 Å². The summed E-state index contributed by atoms with van der Waals surface area (Å²) in [6.07, 6.45) is 0.0762. The minimum Gasteiger partial charge on any atom is -0.469 e. The Balaban J connectivity index is 2.12. The van der Waals surface area contributed by atoms with Crippen molar-refractivity contribution in [2.75, 3.05) is 20.2 Å². The van der Waals surface area contributed by atoms with Crippen LogP contribution in [0, 0.1) is 0 Å². The van der Waals surface area contributed by atoms with Gasteiger partial charge in [0.15, 0.2) is 0 Å². The van der Waals surface area contributed by atoms with E-state index < -0.39 is 6.04 Å². The topological polar surface area (TPSA) is 58.6 Å². The van der Waals surface area contributed by atoms with Crippen LogP contribution < -0.4 is 5.32 Å². The van der Waals surface area contributed by atoms with Crippen LogP contribution in [0.5, 0.6) is 0 Å². The highest BCUT2D eigenvalue weighted by Crippen LogP contribution is 2.20. The van der Waals surface area contributed by atoms with Gasteiger partial charge < -0.3 is 10.1 Å². The van der Waals surface area contributed by atoms with Gasteiger partial charge in [-0.05, 0) is 11.6 Å². The Bertz CT molecular complexity index is 507. The Hall–Kier alpha value is -1.40. The highest BCUT2D eigenvalue weighted by molar-refractivity contribution is 9.10. The fourth-order valence-corrected chi connectivity index (χ4v) is 2.67. The highest BCUT2D eigenvalue weighted by atomic mass is 79.9. The number of amides is 1. The van der Waals surface area contributed by atoms with Crippen molar-refractivity contribution < 1.29 is 14.3 Å². The summed E-state index contributed by atoms with van der Waals surface area (Å²) in [5.74, 6) is -0.488. The molecule has 1 N–H and O–H groups in total. The van der Waals surface area contributed by atoms with E-state index in [1.165, 1.54) is 7.11 Å². The van der Waals surface area contributed by atoms with Gasteiger partial charge in [0.2, 0.25) is 5.91 Å². The van der Waals surface area contributed by atoms with Crippen molar-refractivity contribution in [3.63, 3.8) is 0 Å². The van der Waals surface area contributed by atoms with E-state index in [1.54, 1.807) is 0 Å². The van der Waals surface area contributed by atoms with Gasteiger partial charge in [-0.2, -0.15) is 0 Å². The van der Waals surface area contributed by atoms with Gasteiger partial charge in [-0.25, -0.2) is 0 Å². The summed E-state index contributed by atoms with van der Waals surface area (Å²) in [6, 6.07) is 7.41. The lowest BCUT2D eigenvalue weighted by Crippen LogP contribution is -2.55. The third-order valence-electron chi connectivity index (χ3n) is 3.36. The molecule has 0 radical (unpaired) electrons. The van der Waals surface area contributed by atoms with Gasteiger partial charge >= 0.3 is 5.97 Å². The first-order chi connectivity index (χ1) is 9.61. The summed E-state index contributed by atoms with van der Waals surface area (Å²) in [5.41, 5.74) is 1.09. The van der Waals surface area contributed by atoms with Crippen molar-refractivity contribution in [2.45, 2.75) is 19.0 Å². The van der Waals surface area contributed by atoms with Gasteiger partial charge in [-0.1, -0.05) is 34.1 Å². The number of ether oxygens (including phenoxy) is 1. The smallest absolute Gasteiger partial charge is 0.307 e. The van der Waals surface area contributed by atoms with Crippen LogP contribution in [-0.4, -0.2) is 43.0 Å². The molecule has 0 aliphatic carbocycles. The monoisotopic (exact) mass is 340 g/mol. The molecule has 0 bridgehead atoms. The maximum atomic E-state index is 12.0. The molecule has 6 heteroatoms. The Labute approximate surface area is 126 Å². The normalized spacial score (nSPS) is 19.5. The fourth-order valence-electron chi connectivity index (χ4n) is 2.26. The molecule has 1 aromatic carbocycles. The van der Waals surface area contributed by atoms with E-state index in [-0.39, 0.29) is 18.3 Å². The summed E-state index contributed by atoms with van der Waals surface area (Å²) >= 11 is 3.50. The number of hydrogen-bond acceptors (Lipinski definition) is 4. The maximum absolute atomic E-state index is 12.0. The molecule has 0 saturated carbocycles. The number of benzene rings is 1. The van der Waals surface area contributed by atoms with Crippen LogP contribution in [0.3, 0.4) is 0 Å². The molecule has 1 unspecified atom stereocenters.